The van der Waals surface area contributed by atoms with Crippen LogP contribution in [0, 0.1) is 5.92 Å². The largest absolute Gasteiger partial charge is 0.476 e. The van der Waals surface area contributed by atoms with Gasteiger partial charge in [-0.25, -0.2) is 19.9 Å². The molecule has 0 unspecified atom stereocenters. The molecule has 0 saturated carbocycles. The molecule has 0 aromatic carbocycles. The monoisotopic (exact) mass is 358 g/mol. The van der Waals surface area contributed by atoms with E-state index in [0.717, 1.165) is 10.9 Å². The normalized spacial score (nSPS) is 11.0. The number of aromatic nitrogens is 4. The lowest BCUT2D eigenvalue weighted by molar-refractivity contribution is 0.261. The van der Waals surface area contributed by atoms with E-state index in [9.17, 15) is 0 Å². The van der Waals surface area contributed by atoms with Crippen molar-refractivity contribution in [1.82, 2.24) is 19.9 Å². The van der Waals surface area contributed by atoms with Gasteiger partial charge in [0.05, 0.1) is 12.0 Å². The van der Waals surface area contributed by atoms with Gasteiger partial charge in [-0.15, -0.1) is 0 Å². The second-order valence-corrected chi connectivity index (χ2v) is 6.43. The number of pyridine rings is 2. The molecule has 130 valence electrons. The fourth-order valence-corrected chi connectivity index (χ4v) is 2.44. The summed E-state index contributed by atoms with van der Waals surface area (Å²) in [6.45, 7) is 5.22. The molecule has 8 heteroatoms. The van der Waals surface area contributed by atoms with Crippen molar-refractivity contribution in [3.8, 4) is 5.88 Å². The van der Waals surface area contributed by atoms with Crippen molar-refractivity contribution >= 4 is 34.3 Å². The Morgan fingerprint density at radius 2 is 2.08 bits per heavy atom. The Labute approximate surface area is 150 Å². The lowest BCUT2D eigenvalue weighted by atomic mass is 10.2. The minimum Gasteiger partial charge on any atom is -0.476 e. The Hall–Kier alpha value is -2.67. The van der Waals surface area contributed by atoms with Crippen molar-refractivity contribution < 1.29 is 4.74 Å². The highest BCUT2D eigenvalue weighted by atomic mass is 35.5. The Balaban J connectivity index is 1.73. The highest BCUT2D eigenvalue weighted by Crippen LogP contribution is 2.24. The highest BCUT2D eigenvalue weighted by molar-refractivity contribution is 6.31. The number of hydrogen-bond acceptors (Lipinski definition) is 7. The van der Waals surface area contributed by atoms with Crippen LogP contribution in [0.3, 0.4) is 0 Å². The van der Waals surface area contributed by atoms with E-state index >= 15 is 0 Å². The van der Waals surface area contributed by atoms with Gasteiger partial charge in [0.25, 0.3) is 0 Å². The maximum Gasteiger partial charge on any atom is 0.232 e. The van der Waals surface area contributed by atoms with Gasteiger partial charge in [0, 0.05) is 12.7 Å². The van der Waals surface area contributed by atoms with E-state index in [-0.39, 0.29) is 0 Å². The first-order valence-electron chi connectivity index (χ1n) is 7.91. The predicted molar refractivity (Wildman–Crippen MR) is 98.7 cm³/mol. The van der Waals surface area contributed by atoms with Crippen LogP contribution in [-0.2, 0) is 6.54 Å². The van der Waals surface area contributed by atoms with Gasteiger partial charge < -0.3 is 15.8 Å². The van der Waals surface area contributed by atoms with Crippen LogP contribution in [0.15, 0.2) is 30.7 Å². The summed E-state index contributed by atoms with van der Waals surface area (Å²) in [4.78, 5) is 16.9. The van der Waals surface area contributed by atoms with E-state index < -0.39 is 0 Å². The fraction of sp³-hybridized carbons (Fsp3) is 0.294. The van der Waals surface area contributed by atoms with E-state index in [1.54, 1.807) is 12.3 Å². The van der Waals surface area contributed by atoms with Crippen molar-refractivity contribution in [3.63, 3.8) is 0 Å². The Morgan fingerprint density at radius 1 is 1.24 bits per heavy atom. The molecule has 3 aromatic rings. The minimum absolute atomic E-state index is 0.410. The summed E-state index contributed by atoms with van der Waals surface area (Å²) >= 11 is 6.24. The first-order chi connectivity index (χ1) is 12.0. The predicted octanol–water partition coefficient (Wildman–Crippen LogP) is 3.30. The summed E-state index contributed by atoms with van der Waals surface area (Å²) in [6, 6.07) is 5.39. The molecule has 0 fully saturated rings. The van der Waals surface area contributed by atoms with Gasteiger partial charge >= 0.3 is 0 Å². The summed E-state index contributed by atoms with van der Waals surface area (Å²) in [7, 11) is 0. The van der Waals surface area contributed by atoms with Crippen molar-refractivity contribution in [2.75, 3.05) is 17.7 Å². The number of fused-ring (bicyclic) bond motifs is 1. The molecule has 25 heavy (non-hydrogen) atoms. The maximum atomic E-state index is 6.24. The Morgan fingerprint density at radius 3 is 2.84 bits per heavy atom. The molecular formula is C17H19ClN6O. The average molecular weight is 359 g/mol. The number of ether oxygens (including phenoxy) is 1. The number of nitrogens with one attached hydrogen (secondary N) is 1. The zero-order valence-corrected chi connectivity index (χ0v) is 14.8. The maximum absolute atomic E-state index is 6.24. The lowest BCUT2D eigenvalue weighted by Crippen LogP contribution is -2.07. The molecule has 0 aliphatic carbocycles. The first kappa shape index (κ1) is 17.2. The van der Waals surface area contributed by atoms with Gasteiger partial charge in [-0.2, -0.15) is 0 Å². The van der Waals surface area contributed by atoms with Gasteiger partial charge in [-0.3, -0.25) is 0 Å². The zero-order chi connectivity index (χ0) is 17.8. The molecule has 0 radical (unpaired) electrons. The Bertz CT molecular complexity index is 886. The number of nitrogens with two attached hydrogens (primary N) is 1. The minimum atomic E-state index is 0.410. The summed E-state index contributed by atoms with van der Waals surface area (Å²) in [5.41, 5.74) is 7.15. The first-order valence-corrected chi connectivity index (χ1v) is 8.29. The van der Waals surface area contributed by atoms with E-state index in [1.165, 1.54) is 6.33 Å². The van der Waals surface area contributed by atoms with Crippen LogP contribution in [0.25, 0.3) is 11.0 Å². The van der Waals surface area contributed by atoms with Crippen LogP contribution in [-0.4, -0.2) is 26.5 Å². The Kier molecular flexibility index (Phi) is 5.14. The molecule has 0 amide bonds. The second-order valence-electron chi connectivity index (χ2n) is 6.02. The molecule has 3 aromatic heterocycles. The molecule has 0 aliphatic rings. The van der Waals surface area contributed by atoms with Crippen molar-refractivity contribution in [3.05, 3.63) is 41.3 Å². The lowest BCUT2D eigenvalue weighted by Gasteiger charge is -2.11. The number of nitrogen functional groups attached to an aromatic ring is 1. The number of halogens is 1. The van der Waals surface area contributed by atoms with E-state index in [0.29, 0.717) is 47.3 Å². The van der Waals surface area contributed by atoms with Crippen LogP contribution in [0.4, 0.5) is 11.6 Å². The number of nitrogens with zero attached hydrogens (tertiary/aromatic N) is 4. The van der Waals surface area contributed by atoms with Crippen LogP contribution in [0.1, 0.15) is 19.4 Å². The molecule has 0 aliphatic heterocycles. The third-order valence-corrected chi connectivity index (χ3v) is 3.67. The standard InChI is InChI=1S/C17H19ClN6O/c1-10(2)8-25-17-13(18)5-11(7-21-17)6-20-15-12-3-4-14(19)24-16(12)23-9-22-15/h3-5,7,9-10H,6,8H2,1-2H3,(H3,19,20,22,23,24). The number of rotatable bonds is 6. The summed E-state index contributed by atoms with van der Waals surface area (Å²) in [6.07, 6.45) is 3.18. The second kappa shape index (κ2) is 7.48. The van der Waals surface area contributed by atoms with Crippen molar-refractivity contribution in [1.29, 1.82) is 0 Å². The molecule has 3 rings (SSSR count). The van der Waals surface area contributed by atoms with Gasteiger partial charge in [-0.05, 0) is 29.7 Å². The smallest absolute Gasteiger partial charge is 0.232 e. The highest BCUT2D eigenvalue weighted by Gasteiger charge is 2.08. The summed E-state index contributed by atoms with van der Waals surface area (Å²) in [5.74, 6) is 1.96. The molecule has 0 spiro atoms. The molecule has 0 bridgehead atoms. The molecule has 3 heterocycles. The summed E-state index contributed by atoms with van der Waals surface area (Å²) < 4.78 is 5.58. The third-order valence-electron chi connectivity index (χ3n) is 3.40. The van der Waals surface area contributed by atoms with Gasteiger partial charge in [0.15, 0.2) is 5.65 Å². The average Bonchev–Trinajstić information content (AvgIpc) is 2.58. The molecule has 0 saturated heterocycles. The van der Waals surface area contributed by atoms with Crippen LogP contribution in [0.5, 0.6) is 5.88 Å². The van der Waals surface area contributed by atoms with Gasteiger partial charge in [-0.1, -0.05) is 25.4 Å². The zero-order valence-electron chi connectivity index (χ0n) is 14.0. The topological polar surface area (TPSA) is 98.8 Å². The molecule has 7 nitrogen and oxygen atoms in total. The molecule has 3 N–H and O–H groups in total. The van der Waals surface area contributed by atoms with Crippen molar-refractivity contribution in [2.24, 2.45) is 5.92 Å². The SMILES string of the molecule is CC(C)COc1ncc(CNc2ncnc3nc(N)ccc23)cc1Cl. The number of hydrogen-bond donors (Lipinski definition) is 2. The van der Waals surface area contributed by atoms with E-state index in [1.807, 2.05) is 12.1 Å². The number of anilines is 2. The van der Waals surface area contributed by atoms with E-state index in [4.69, 9.17) is 22.1 Å². The van der Waals surface area contributed by atoms with Gasteiger partial charge in [0.1, 0.15) is 23.0 Å². The quantitative estimate of drug-likeness (QED) is 0.697. The molecular weight excluding hydrogens is 340 g/mol. The van der Waals surface area contributed by atoms with Gasteiger partial charge in [0.2, 0.25) is 5.88 Å². The van der Waals surface area contributed by atoms with Crippen molar-refractivity contribution in [2.45, 2.75) is 20.4 Å². The van der Waals surface area contributed by atoms with Crippen LogP contribution < -0.4 is 15.8 Å². The molecule has 0 atom stereocenters. The van der Waals surface area contributed by atoms with Crippen LogP contribution >= 0.6 is 11.6 Å². The fourth-order valence-electron chi connectivity index (χ4n) is 2.20. The van der Waals surface area contributed by atoms with Crippen LogP contribution in [0.2, 0.25) is 5.02 Å². The summed E-state index contributed by atoms with van der Waals surface area (Å²) in [5, 5.41) is 4.54. The van der Waals surface area contributed by atoms with E-state index in [2.05, 4.69) is 39.1 Å². The third kappa shape index (κ3) is 4.24.